The molecule has 1 aromatic carbocycles. The molecule has 1 saturated carbocycles. The Morgan fingerprint density at radius 2 is 1.79 bits per heavy atom. The topological polar surface area (TPSA) is 92.7 Å². The standard InChI is InChI=1S/C21H24N4O3/c26-20(24-18-4-2-1-3-5-18)15-28-19-8-6-16(7-9-19)14-23-25-21(27)17-10-12-22-13-11-17/h6-14,18H,1-5,15H2,(H,24,26)(H,25,27)/b23-14-. The Hall–Kier alpha value is -3.22. The van der Waals surface area contributed by atoms with Crippen LogP contribution in [0.2, 0.25) is 0 Å². The highest BCUT2D eigenvalue weighted by Gasteiger charge is 2.15. The molecule has 0 radical (unpaired) electrons. The Kier molecular flexibility index (Phi) is 7.12. The third-order valence-corrected chi connectivity index (χ3v) is 4.54. The Morgan fingerprint density at radius 3 is 2.50 bits per heavy atom. The van der Waals surface area contributed by atoms with Crippen LogP contribution in [0.4, 0.5) is 0 Å². The highest BCUT2D eigenvalue weighted by Crippen LogP contribution is 2.17. The summed E-state index contributed by atoms with van der Waals surface area (Å²) in [6.07, 6.45) is 10.4. The minimum absolute atomic E-state index is 0.00588. The predicted octanol–water partition coefficient (Wildman–Crippen LogP) is 2.67. The molecule has 0 unspecified atom stereocenters. The number of hydrogen-bond donors (Lipinski definition) is 2. The average molecular weight is 380 g/mol. The van der Waals surface area contributed by atoms with E-state index in [-0.39, 0.29) is 24.5 Å². The number of carbonyl (C=O) groups is 2. The minimum atomic E-state index is -0.303. The predicted molar refractivity (Wildman–Crippen MR) is 106 cm³/mol. The van der Waals surface area contributed by atoms with Crippen LogP contribution in [-0.2, 0) is 4.79 Å². The lowest BCUT2D eigenvalue weighted by atomic mass is 9.95. The molecule has 1 heterocycles. The summed E-state index contributed by atoms with van der Waals surface area (Å²) in [7, 11) is 0. The molecule has 0 saturated heterocycles. The Morgan fingerprint density at radius 1 is 1.07 bits per heavy atom. The summed E-state index contributed by atoms with van der Waals surface area (Å²) < 4.78 is 5.53. The van der Waals surface area contributed by atoms with E-state index in [1.807, 2.05) is 0 Å². The van der Waals surface area contributed by atoms with Crippen molar-refractivity contribution in [2.75, 3.05) is 6.61 Å². The van der Waals surface area contributed by atoms with Crippen molar-refractivity contribution in [3.05, 3.63) is 59.9 Å². The van der Waals surface area contributed by atoms with E-state index in [0.717, 1.165) is 18.4 Å². The number of aromatic nitrogens is 1. The van der Waals surface area contributed by atoms with E-state index < -0.39 is 0 Å². The van der Waals surface area contributed by atoms with Crippen LogP contribution in [0, 0.1) is 0 Å². The summed E-state index contributed by atoms with van der Waals surface area (Å²) in [5.74, 6) is 0.218. The van der Waals surface area contributed by atoms with Gasteiger partial charge in [0.25, 0.3) is 11.8 Å². The van der Waals surface area contributed by atoms with E-state index >= 15 is 0 Å². The summed E-state index contributed by atoms with van der Waals surface area (Å²) in [6, 6.07) is 10.6. The lowest BCUT2D eigenvalue weighted by Gasteiger charge is -2.22. The largest absolute Gasteiger partial charge is 0.484 e. The van der Waals surface area contributed by atoms with Crippen LogP contribution in [0.3, 0.4) is 0 Å². The molecule has 2 N–H and O–H groups in total. The SMILES string of the molecule is O=C(COc1ccc(/C=N\NC(=O)c2ccncc2)cc1)NC1CCCCC1. The average Bonchev–Trinajstić information content (AvgIpc) is 2.74. The van der Waals surface area contributed by atoms with Gasteiger partial charge < -0.3 is 10.1 Å². The number of nitrogens with zero attached hydrogens (tertiary/aromatic N) is 2. The summed E-state index contributed by atoms with van der Waals surface area (Å²) in [5.41, 5.74) is 3.75. The van der Waals surface area contributed by atoms with Gasteiger partial charge in [0.15, 0.2) is 6.61 Å². The van der Waals surface area contributed by atoms with Gasteiger partial charge in [-0.05, 0) is 54.8 Å². The number of nitrogens with one attached hydrogen (secondary N) is 2. The normalized spacial score (nSPS) is 14.6. The van der Waals surface area contributed by atoms with Gasteiger partial charge in [0.2, 0.25) is 0 Å². The highest BCUT2D eigenvalue weighted by molar-refractivity contribution is 5.94. The summed E-state index contributed by atoms with van der Waals surface area (Å²) >= 11 is 0. The number of hydrogen-bond acceptors (Lipinski definition) is 5. The third-order valence-electron chi connectivity index (χ3n) is 4.54. The molecule has 0 atom stereocenters. The van der Waals surface area contributed by atoms with E-state index in [1.54, 1.807) is 55.0 Å². The lowest BCUT2D eigenvalue weighted by Crippen LogP contribution is -2.38. The summed E-state index contributed by atoms with van der Waals surface area (Å²) in [6.45, 7) is 0.00588. The number of ether oxygens (including phenoxy) is 1. The first-order valence-corrected chi connectivity index (χ1v) is 9.46. The molecule has 1 aromatic heterocycles. The fourth-order valence-electron chi connectivity index (χ4n) is 3.05. The summed E-state index contributed by atoms with van der Waals surface area (Å²) in [4.78, 5) is 27.7. The van der Waals surface area contributed by atoms with Gasteiger partial charge in [0.05, 0.1) is 6.21 Å². The number of pyridine rings is 1. The summed E-state index contributed by atoms with van der Waals surface area (Å²) in [5, 5.41) is 6.96. The fourth-order valence-corrected chi connectivity index (χ4v) is 3.05. The molecule has 3 rings (SSSR count). The molecular weight excluding hydrogens is 356 g/mol. The first-order valence-electron chi connectivity index (χ1n) is 9.46. The lowest BCUT2D eigenvalue weighted by molar-refractivity contribution is -0.124. The molecular formula is C21H24N4O3. The van der Waals surface area contributed by atoms with Crippen LogP contribution in [0.25, 0.3) is 0 Å². The zero-order valence-electron chi connectivity index (χ0n) is 15.6. The zero-order chi connectivity index (χ0) is 19.6. The first kappa shape index (κ1) is 19.5. The Labute approximate surface area is 164 Å². The third kappa shape index (κ3) is 6.19. The molecule has 1 aliphatic rings. The number of carbonyl (C=O) groups excluding carboxylic acids is 2. The smallest absolute Gasteiger partial charge is 0.271 e. The molecule has 0 aliphatic heterocycles. The second-order valence-electron chi connectivity index (χ2n) is 6.70. The van der Waals surface area contributed by atoms with Crippen molar-refractivity contribution in [1.29, 1.82) is 0 Å². The molecule has 146 valence electrons. The monoisotopic (exact) mass is 380 g/mol. The molecule has 7 heteroatoms. The quantitative estimate of drug-likeness (QED) is 0.570. The molecule has 2 amide bonds. The van der Waals surface area contributed by atoms with Crippen LogP contribution >= 0.6 is 0 Å². The maximum absolute atomic E-state index is 12.0. The Balaban J connectivity index is 1.41. The van der Waals surface area contributed by atoms with Crippen LogP contribution in [0.15, 0.2) is 53.9 Å². The molecule has 1 fully saturated rings. The molecule has 28 heavy (non-hydrogen) atoms. The molecule has 0 bridgehead atoms. The van der Waals surface area contributed by atoms with Crippen molar-refractivity contribution in [3.8, 4) is 5.75 Å². The van der Waals surface area contributed by atoms with E-state index in [2.05, 4.69) is 20.8 Å². The highest BCUT2D eigenvalue weighted by atomic mass is 16.5. The van der Waals surface area contributed by atoms with Gasteiger partial charge in [-0.3, -0.25) is 14.6 Å². The molecule has 1 aliphatic carbocycles. The van der Waals surface area contributed by atoms with Crippen LogP contribution in [0.1, 0.15) is 48.0 Å². The van der Waals surface area contributed by atoms with Crippen molar-refractivity contribution in [2.24, 2.45) is 5.10 Å². The number of hydrazone groups is 1. The van der Waals surface area contributed by atoms with Crippen molar-refractivity contribution < 1.29 is 14.3 Å². The van der Waals surface area contributed by atoms with Crippen molar-refractivity contribution in [3.63, 3.8) is 0 Å². The number of rotatable bonds is 7. The zero-order valence-corrected chi connectivity index (χ0v) is 15.6. The van der Waals surface area contributed by atoms with Crippen LogP contribution in [-0.4, -0.2) is 35.7 Å². The van der Waals surface area contributed by atoms with Crippen molar-refractivity contribution in [2.45, 2.75) is 38.1 Å². The molecule has 0 spiro atoms. The van der Waals surface area contributed by atoms with E-state index in [0.29, 0.717) is 11.3 Å². The van der Waals surface area contributed by atoms with E-state index in [9.17, 15) is 9.59 Å². The van der Waals surface area contributed by atoms with E-state index in [4.69, 9.17) is 4.74 Å². The molecule has 2 aromatic rings. The maximum atomic E-state index is 12.0. The Bertz CT molecular complexity index is 800. The van der Waals surface area contributed by atoms with Gasteiger partial charge in [-0.2, -0.15) is 5.10 Å². The second kappa shape index (κ2) is 10.2. The van der Waals surface area contributed by atoms with Gasteiger partial charge in [-0.15, -0.1) is 0 Å². The van der Waals surface area contributed by atoms with Crippen LogP contribution < -0.4 is 15.5 Å². The van der Waals surface area contributed by atoms with Crippen molar-refractivity contribution in [1.82, 2.24) is 15.7 Å². The first-order chi connectivity index (χ1) is 13.7. The minimum Gasteiger partial charge on any atom is -0.484 e. The molecule has 7 nitrogen and oxygen atoms in total. The van der Waals surface area contributed by atoms with Crippen molar-refractivity contribution >= 4 is 18.0 Å². The van der Waals surface area contributed by atoms with Gasteiger partial charge in [-0.1, -0.05) is 19.3 Å². The fraction of sp³-hybridized carbons (Fsp3) is 0.333. The van der Waals surface area contributed by atoms with Gasteiger partial charge in [0.1, 0.15) is 5.75 Å². The van der Waals surface area contributed by atoms with Gasteiger partial charge in [-0.25, -0.2) is 5.43 Å². The maximum Gasteiger partial charge on any atom is 0.271 e. The number of amides is 2. The number of benzene rings is 1. The van der Waals surface area contributed by atoms with Gasteiger partial charge >= 0.3 is 0 Å². The van der Waals surface area contributed by atoms with Gasteiger partial charge in [0, 0.05) is 24.0 Å². The second-order valence-corrected chi connectivity index (χ2v) is 6.70. The van der Waals surface area contributed by atoms with E-state index in [1.165, 1.54) is 19.3 Å². The van der Waals surface area contributed by atoms with Crippen LogP contribution in [0.5, 0.6) is 5.75 Å².